The van der Waals surface area contributed by atoms with Gasteiger partial charge in [0, 0.05) is 17.0 Å². The van der Waals surface area contributed by atoms with Gasteiger partial charge in [-0.1, -0.05) is 51.1 Å². The number of furan rings is 1. The number of rotatable bonds is 7. The molecular formula is C31H42N2O3S. The fourth-order valence-corrected chi connectivity index (χ4v) is 7.44. The van der Waals surface area contributed by atoms with Crippen LogP contribution in [0.5, 0.6) is 0 Å². The molecule has 200 valence electrons. The number of benzene rings is 2. The van der Waals surface area contributed by atoms with E-state index in [-0.39, 0.29) is 11.5 Å². The first kappa shape index (κ1) is 26.5. The van der Waals surface area contributed by atoms with Crippen molar-refractivity contribution in [3.8, 4) is 0 Å². The molecule has 2 aliphatic rings. The maximum Gasteiger partial charge on any atom is 0.240 e. The van der Waals surface area contributed by atoms with Gasteiger partial charge in [0.05, 0.1) is 11.2 Å². The number of likely N-dealkylation sites (tertiary alicyclic amines) is 1. The van der Waals surface area contributed by atoms with E-state index >= 15 is 0 Å². The van der Waals surface area contributed by atoms with E-state index in [1.54, 1.807) is 12.1 Å². The van der Waals surface area contributed by atoms with E-state index in [0.717, 1.165) is 56.5 Å². The minimum absolute atomic E-state index is 0.0126. The summed E-state index contributed by atoms with van der Waals surface area (Å²) in [6, 6.07) is 15.8. The summed E-state index contributed by atoms with van der Waals surface area (Å²) >= 11 is 0. The molecule has 5 nitrogen and oxygen atoms in total. The van der Waals surface area contributed by atoms with Crippen molar-refractivity contribution in [2.45, 2.75) is 88.0 Å². The van der Waals surface area contributed by atoms with Gasteiger partial charge in [0.2, 0.25) is 10.0 Å². The predicted octanol–water partition coefficient (Wildman–Crippen LogP) is 6.84. The molecule has 0 spiro atoms. The number of sulfonamides is 1. The SMILES string of the molecule is CC(C)(C)c1ccc(S(=O)(=O)N[C@H]2CC[C@H](CCN3CCC(c4coc5ccccc45)CC3)CC2)cc1. The zero-order valence-electron chi connectivity index (χ0n) is 22.6. The van der Waals surface area contributed by atoms with Crippen molar-refractivity contribution in [2.75, 3.05) is 19.6 Å². The van der Waals surface area contributed by atoms with Crippen molar-refractivity contribution in [1.82, 2.24) is 9.62 Å². The van der Waals surface area contributed by atoms with Crippen molar-refractivity contribution < 1.29 is 12.8 Å². The van der Waals surface area contributed by atoms with Crippen LogP contribution in [0.1, 0.15) is 82.8 Å². The summed E-state index contributed by atoms with van der Waals surface area (Å²) in [5, 5.41) is 1.27. The van der Waals surface area contributed by atoms with Crippen molar-refractivity contribution in [2.24, 2.45) is 5.92 Å². The van der Waals surface area contributed by atoms with Gasteiger partial charge in [-0.15, -0.1) is 0 Å². The number of piperidine rings is 1. The van der Waals surface area contributed by atoms with Gasteiger partial charge in [-0.3, -0.25) is 0 Å². The molecular weight excluding hydrogens is 480 g/mol. The molecule has 0 atom stereocenters. The summed E-state index contributed by atoms with van der Waals surface area (Å²) < 4.78 is 34.6. The average molecular weight is 523 g/mol. The van der Waals surface area contributed by atoms with E-state index in [0.29, 0.717) is 16.7 Å². The summed E-state index contributed by atoms with van der Waals surface area (Å²) in [4.78, 5) is 2.99. The minimum Gasteiger partial charge on any atom is -0.464 e. The Morgan fingerprint density at radius 1 is 0.919 bits per heavy atom. The molecule has 1 N–H and O–H groups in total. The number of hydrogen-bond donors (Lipinski definition) is 1. The van der Waals surface area contributed by atoms with Gasteiger partial charge in [-0.25, -0.2) is 13.1 Å². The summed E-state index contributed by atoms with van der Waals surface area (Å²) in [6.07, 6.45) is 9.63. The van der Waals surface area contributed by atoms with Crippen LogP contribution < -0.4 is 4.72 Å². The number of nitrogens with zero attached hydrogens (tertiary/aromatic N) is 1. The minimum atomic E-state index is -3.47. The Bertz CT molecular complexity index is 1270. The molecule has 1 aromatic heterocycles. The highest BCUT2D eigenvalue weighted by atomic mass is 32.2. The Kier molecular flexibility index (Phi) is 7.80. The molecule has 0 radical (unpaired) electrons. The zero-order chi connectivity index (χ0) is 26.0. The molecule has 6 heteroatoms. The van der Waals surface area contributed by atoms with Crippen molar-refractivity contribution in [3.63, 3.8) is 0 Å². The van der Waals surface area contributed by atoms with Crippen LogP contribution in [0.4, 0.5) is 0 Å². The van der Waals surface area contributed by atoms with E-state index in [2.05, 4.69) is 48.6 Å². The standard InChI is InChI=1S/C31H42N2O3S/c1-31(2,3)25-10-14-27(15-11-25)37(34,35)32-26-12-8-23(9-13-26)16-19-33-20-17-24(18-21-33)29-22-36-30-7-5-4-6-28(29)30/h4-7,10-11,14-15,22-24,26,32H,8-9,12-13,16-21H2,1-3H3/t23-,26-. The highest BCUT2D eigenvalue weighted by Gasteiger charge is 2.28. The van der Waals surface area contributed by atoms with E-state index in [1.807, 2.05) is 24.5 Å². The second-order valence-electron chi connectivity index (χ2n) is 12.2. The predicted molar refractivity (Wildman–Crippen MR) is 150 cm³/mol. The largest absolute Gasteiger partial charge is 0.464 e. The molecule has 1 aliphatic heterocycles. The van der Waals surface area contributed by atoms with Gasteiger partial charge >= 0.3 is 0 Å². The van der Waals surface area contributed by atoms with Crippen molar-refractivity contribution in [1.29, 1.82) is 0 Å². The van der Waals surface area contributed by atoms with E-state index in [4.69, 9.17) is 4.42 Å². The van der Waals surface area contributed by atoms with Crippen LogP contribution >= 0.6 is 0 Å². The fourth-order valence-electron chi connectivity index (χ4n) is 6.14. The first-order valence-corrected chi connectivity index (χ1v) is 15.5. The third-order valence-electron chi connectivity index (χ3n) is 8.59. The molecule has 2 fully saturated rings. The molecule has 2 heterocycles. The Hall–Kier alpha value is -2.15. The molecule has 0 amide bonds. The molecule has 37 heavy (non-hydrogen) atoms. The Labute approximate surface area is 222 Å². The Morgan fingerprint density at radius 3 is 2.27 bits per heavy atom. The van der Waals surface area contributed by atoms with Gasteiger partial charge in [0.1, 0.15) is 5.58 Å². The zero-order valence-corrected chi connectivity index (χ0v) is 23.4. The highest BCUT2D eigenvalue weighted by Crippen LogP contribution is 2.35. The normalized spacial score (nSPS) is 22.5. The highest BCUT2D eigenvalue weighted by molar-refractivity contribution is 7.89. The van der Waals surface area contributed by atoms with Crippen LogP contribution in [0.15, 0.2) is 64.1 Å². The van der Waals surface area contributed by atoms with Gasteiger partial charge in [0.15, 0.2) is 0 Å². The quantitative estimate of drug-likeness (QED) is 0.369. The van der Waals surface area contributed by atoms with Gasteiger partial charge in [-0.2, -0.15) is 0 Å². The van der Waals surface area contributed by atoms with Crippen LogP contribution in [0.2, 0.25) is 0 Å². The van der Waals surface area contributed by atoms with Gasteiger partial charge in [-0.05, 0) is 106 Å². The number of nitrogens with one attached hydrogen (secondary N) is 1. The van der Waals surface area contributed by atoms with Crippen LogP contribution in [0.3, 0.4) is 0 Å². The lowest BCUT2D eigenvalue weighted by atomic mass is 9.84. The molecule has 1 aliphatic carbocycles. The van der Waals surface area contributed by atoms with E-state index in [9.17, 15) is 8.42 Å². The van der Waals surface area contributed by atoms with E-state index < -0.39 is 10.0 Å². The third-order valence-corrected chi connectivity index (χ3v) is 10.1. The lowest BCUT2D eigenvalue weighted by molar-refractivity contribution is 0.185. The molecule has 1 saturated heterocycles. The fraction of sp³-hybridized carbons (Fsp3) is 0.548. The number of fused-ring (bicyclic) bond motifs is 1. The lowest BCUT2D eigenvalue weighted by Gasteiger charge is -2.34. The van der Waals surface area contributed by atoms with Gasteiger partial charge < -0.3 is 9.32 Å². The number of hydrogen-bond acceptors (Lipinski definition) is 4. The molecule has 2 aromatic carbocycles. The third kappa shape index (κ3) is 6.30. The molecule has 0 unspecified atom stereocenters. The second kappa shape index (κ2) is 10.9. The smallest absolute Gasteiger partial charge is 0.240 e. The Morgan fingerprint density at radius 2 is 1.59 bits per heavy atom. The average Bonchev–Trinajstić information content (AvgIpc) is 3.32. The first-order chi connectivity index (χ1) is 17.7. The summed E-state index contributed by atoms with van der Waals surface area (Å²) in [6.45, 7) is 9.86. The van der Waals surface area contributed by atoms with Gasteiger partial charge in [0.25, 0.3) is 0 Å². The van der Waals surface area contributed by atoms with Crippen LogP contribution in [0.25, 0.3) is 11.0 Å². The maximum atomic E-state index is 12.9. The van der Waals surface area contributed by atoms with E-state index in [1.165, 1.54) is 30.2 Å². The summed E-state index contributed by atoms with van der Waals surface area (Å²) in [7, 11) is -3.47. The van der Waals surface area contributed by atoms with Crippen LogP contribution in [0, 0.1) is 5.92 Å². The van der Waals surface area contributed by atoms with Crippen molar-refractivity contribution in [3.05, 3.63) is 65.9 Å². The van der Waals surface area contributed by atoms with Crippen LogP contribution in [-0.2, 0) is 15.4 Å². The first-order valence-electron chi connectivity index (χ1n) is 14.0. The molecule has 0 bridgehead atoms. The van der Waals surface area contributed by atoms with Crippen molar-refractivity contribution >= 4 is 21.0 Å². The topological polar surface area (TPSA) is 62.6 Å². The monoisotopic (exact) mass is 522 g/mol. The lowest BCUT2D eigenvalue weighted by Crippen LogP contribution is -2.38. The summed E-state index contributed by atoms with van der Waals surface area (Å²) in [5.74, 6) is 1.29. The summed E-state index contributed by atoms with van der Waals surface area (Å²) in [5.41, 5.74) is 3.53. The van der Waals surface area contributed by atoms with Crippen LogP contribution in [-0.4, -0.2) is 39.0 Å². The Balaban J connectivity index is 1.04. The molecule has 3 aromatic rings. The maximum absolute atomic E-state index is 12.9. The number of para-hydroxylation sites is 1. The second-order valence-corrected chi connectivity index (χ2v) is 13.9. The molecule has 1 saturated carbocycles. The molecule has 5 rings (SSSR count).